The molecule has 24 heavy (non-hydrogen) atoms. The number of amides is 1. The van der Waals surface area contributed by atoms with Gasteiger partial charge in [0.25, 0.3) is 5.91 Å². The zero-order valence-corrected chi connectivity index (χ0v) is 15.0. The number of rotatable bonds is 3. The average Bonchev–Trinajstić information content (AvgIpc) is 2.84. The van der Waals surface area contributed by atoms with Crippen LogP contribution in [0, 0.1) is 13.8 Å². The van der Waals surface area contributed by atoms with Crippen molar-refractivity contribution in [3.63, 3.8) is 0 Å². The Bertz CT molecular complexity index is 737. The van der Waals surface area contributed by atoms with E-state index in [0.717, 1.165) is 42.1 Å². The molecule has 1 saturated heterocycles. The number of likely N-dealkylation sites (N-methyl/N-ethyl adjacent to an activating group) is 1. The molecular weight excluding hydrogens is 300 g/mol. The predicted molar refractivity (Wildman–Crippen MR) is 95.2 cm³/mol. The van der Waals surface area contributed by atoms with E-state index in [4.69, 9.17) is 0 Å². The summed E-state index contributed by atoms with van der Waals surface area (Å²) < 4.78 is 1.98. The highest BCUT2D eigenvalue weighted by molar-refractivity contribution is 5.94. The van der Waals surface area contributed by atoms with Crippen LogP contribution in [0.25, 0.3) is 0 Å². The van der Waals surface area contributed by atoms with Crippen LogP contribution < -0.4 is 0 Å². The molecule has 5 nitrogen and oxygen atoms in total. The smallest absolute Gasteiger partial charge is 0.254 e. The van der Waals surface area contributed by atoms with Crippen LogP contribution in [0.15, 0.2) is 30.3 Å². The van der Waals surface area contributed by atoms with E-state index < -0.39 is 0 Å². The molecule has 1 aliphatic heterocycles. The van der Waals surface area contributed by atoms with E-state index in [2.05, 4.69) is 43.0 Å². The molecule has 1 aliphatic rings. The molecule has 0 radical (unpaired) electrons. The molecule has 0 spiro atoms. The van der Waals surface area contributed by atoms with Crippen LogP contribution in [0.1, 0.15) is 34.2 Å². The van der Waals surface area contributed by atoms with Gasteiger partial charge in [0.1, 0.15) is 0 Å². The molecule has 1 amide bonds. The van der Waals surface area contributed by atoms with Crippen molar-refractivity contribution in [3.05, 3.63) is 52.8 Å². The van der Waals surface area contributed by atoms with Crippen molar-refractivity contribution in [2.45, 2.75) is 33.4 Å². The van der Waals surface area contributed by atoms with Gasteiger partial charge in [-0.15, -0.1) is 0 Å². The standard InChI is InChI=1S/C19H26N4O/c1-14-10-15(2)23(20-14)13-17-6-5-7-18(11-17)19(24)22-9-8-21(4)12-16(22)3/h5-7,10-11,16H,8-9,12-13H2,1-4H3/t16-/m1/s1. The number of piperazine rings is 1. The quantitative estimate of drug-likeness (QED) is 0.869. The van der Waals surface area contributed by atoms with Crippen molar-refractivity contribution in [3.8, 4) is 0 Å². The largest absolute Gasteiger partial charge is 0.333 e. The van der Waals surface area contributed by atoms with Crippen LogP contribution in [0.5, 0.6) is 0 Å². The summed E-state index contributed by atoms with van der Waals surface area (Å²) in [5.41, 5.74) is 4.03. The Kier molecular flexibility index (Phi) is 4.71. The second kappa shape index (κ2) is 6.77. The molecule has 2 aromatic rings. The van der Waals surface area contributed by atoms with Gasteiger partial charge >= 0.3 is 0 Å². The third kappa shape index (κ3) is 3.51. The topological polar surface area (TPSA) is 41.4 Å². The van der Waals surface area contributed by atoms with Gasteiger partial charge in [-0.05, 0) is 51.6 Å². The lowest BCUT2D eigenvalue weighted by Crippen LogP contribution is -2.52. The maximum atomic E-state index is 12.9. The Balaban J connectivity index is 1.77. The highest BCUT2D eigenvalue weighted by Gasteiger charge is 2.26. The number of hydrogen-bond acceptors (Lipinski definition) is 3. The highest BCUT2D eigenvalue weighted by atomic mass is 16.2. The highest BCUT2D eigenvalue weighted by Crippen LogP contribution is 2.15. The second-order valence-electron chi connectivity index (χ2n) is 6.89. The lowest BCUT2D eigenvalue weighted by Gasteiger charge is -2.38. The summed E-state index contributed by atoms with van der Waals surface area (Å²) >= 11 is 0. The maximum absolute atomic E-state index is 12.9. The first-order chi connectivity index (χ1) is 11.4. The van der Waals surface area contributed by atoms with E-state index in [1.807, 2.05) is 34.7 Å². The van der Waals surface area contributed by atoms with E-state index in [9.17, 15) is 4.79 Å². The van der Waals surface area contributed by atoms with Crippen molar-refractivity contribution in [1.29, 1.82) is 0 Å². The van der Waals surface area contributed by atoms with E-state index >= 15 is 0 Å². The number of benzene rings is 1. The Morgan fingerprint density at radius 2 is 2.04 bits per heavy atom. The Morgan fingerprint density at radius 3 is 2.71 bits per heavy atom. The van der Waals surface area contributed by atoms with E-state index in [-0.39, 0.29) is 11.9 Å². The number of aryl methyl sites for hydroxylation is 2. The normalized spacial score (nSPS) is 18.8. The molecule has 1 aromatic heterocycles. The Morgan fingerprint density at radius 1 is 1.25 bits per heavy atom. The lowest BCUT2D eigenvalue weighted by molar-refractivity contribution is 0.0533. The summed E-state index contributed by atoms with van der Waals surface area (Å²) in [6.07, 6.45) is 0. The molecule has 128 valence electrons. The van der Waals surface area contributed by atoms with Gasteiger partial charge in [0, 0.05) is 36.9 Å². The monoisotopic (exact) mass is 326 g/mol. The Labute approximate surface area is 143 Å². The summed E-state index contributed by atoms with van der Waals surface area (Å²) in [4.78, 5) is 17.1. The summed E-state index contributed by atoms with van der Waals surface area (Å²) in [7, 11) is 2.10. The number of hydrogen-bond donors (Lipinski definition) is 0. The van der Waals surface area contributed by atoms with Gasteiger partial charge in [0.05, 0.1) is 12.2 Å². The SMILES string of the molecule is Cc1cc(C)n(Cc2cccc(C(=O)N3CCN(C)C[C@H]3C)c2)n1. The first-order valence-electron chi connectivity index (χ1n) is 8.53. The van der Waals surface area contributed by atoms with Crippen LogP contribution >= 0.6 is 0 Å². The molecule has 3 rings (SSSR count). The maximum Gasteiger partial charge on any atom is 0.254 e. The van der Waals surface area contributed by atoms with Gasteiger partial charge in [-0.3, -0.25) is 9.48 Å². The zero-order chi connectivity index (χ0) is 17.3. The van der Waals surface area contributed by atoms with E-state index in [0.29, 0.717) is 6.54 Å². The van der Waals surface area contributed by atoms with Crippen molar-refractivity contribution in [2.24, 2.45) is 0 Å². The molecule has 0 bridgehead atoms. The minimum absolute atomic E-state index is 0.130. The van der Waals surface area contributed by atoms with Gasteiger partial charge in [0.2, 0.25) is 0 Å². The van der Waals surface area contributed by atoms with Gasteiger partial charge in [-0.1, -0.05) is 12.1 Å². The fourth-order valence-electron chi connectivity index (χ4n) is 3.42. The first kappa shape index (κ1) is 16.7. The third-order valence-electron chi connectivity index (χ3n) is 4.70. The zero-order valence-electron chi connectivity index (χ0n) is 15.0. The van der Waals surface area contributed by atoms with Crippen LogP contribution in [-0.2, 0) is 6.54 Å². The van der Waals surface area contributed by atoms with Gasteiger partial charge in [0.15, 0.2) is 0 Å². The number of carbonyl (C=O) groups is 1. The molecule has 1 fully saturated rings. The molecule has 0 saturated carbocycles. The molecule has 2 heterocycles. The predicted octanol–water partition coefficient (Wildman–Crippen LogP) is 2.32. The fourth-order valence-corrected chi connectivity index (χ4v) is 3.42. The number of carbonyl (C=O) groups excluding carboxylic acids is 1. The van der Waals surface area contributed by atoms with Gasteiger partial charge in [-0.25, -0.2) is 0 Å². The van der Waals surface area contributed by atoms with Crippen molar-refractivity contribution >= 4 is 5.91 Å². The minimum atomic E-state index is 0.130. The van der Waals surface area contributed by atoms with Crippen molar-refractivity contribution in [1.82, 2.24) is 19.6 Å². The molecule has 1 aromatic carbocycles. The first-order valence-corrected chi connectivity index (χ1v) is 8.53. The number of nitrogens with zero attached hydrogens (tertiary/aromatic N) is 4. The molecular formula is C19H26N4O. The van der Waals surface area contributed by atoms with Crippen LogP contribution in [0.2, 0.25) is 0 Å². The Hall–Kier alpha value is -2.14. The summed E-state index contributed by atoms with van der Waals surface area (Å²) in [5.74, 6) is 0.130. The minimum Gasteiger partial charge on any atom is -0.333 e. The lowest BCUT2D eigenvalue weighted by atomic mass is 10.1. The second-order valence-corrected chi connectivity index (χ2v) is 6.89. The van der Waals surface area contributed by atoms with Gasteiger partial charge < -0.3 is 9.80 Å². The van der Waals surface area contributed by atoms with Crippen LogP contribution in [0.4, 0.5) is 0 Å². The van der Waals surface area contributed by atoms with Crippen LogP contribution in [0.3, 0.4) is 0 Å². The molecule has 0 N–H and O–H groups in total. The van der Waals surface area contributed by atoms with Crippen LogP contribution in [-0.4, -0.2) is 58.2 Å². The number of aromatic nitrogens is 2. The van der Waals surface area contributed by atoms with Crippen molar-refractivity contribution < 1.29 is 4.79 Å². The summed E-state index contributed by atoms with van der Waals surface area (Å²) in [6, 6.07) is 10.3. The third-order valence-corrected chi connectivity index (χ3v) is 4.70. The average molecular weight is 326 g/mol. The van der Waals surface area contributed by atoms with E-state index in [1.165, 1.54) is 0 Å². The molecule has 0 aliphatic carbocycles. The summed E-state index contributed by atoms with van der Waals surface area (Å²) in [6.45, 7) is 9.52. The van der Waals surface area contributed by atoms with E-state index in [1.54, 1.807) is 0 Å². The molecule has 1 atom stereocenters. The van der Waals surface area contributed by atoms with Gasteiger partial charge in [-0.2, -0.15) is 5.10 Å². The fraction of sp³-hybridized carbons (Fsp3) is 0.474. The molecule has 5 heteroatoms. The molecule has 0 unspecified atom stereocenters. The van der Waals surface area contributed by atoms with Crippen molar-refractivity contribution in [2.75, 3.05) is 26.7 Å². The summed E-state index contributed by atoms with van der Waals surface area (Å²) in [5, 5.41) is 4.51.